The number of sulfone groups is 1. The molecule has 0 spiro atoms. The molecule has 25 heavy (non-hydrogen) atoms. The molecule has 2 saturated heterocycles. The molecule has 0 bridgehead atoms. The summed E-state index contributed by atoms with van der Waals surface area (Å²) in [5.41, 5.74) is 0. The molecule has 3 heterocycles. The van der Waals surface area contributed by atoms with Gasteiger partial charge in [-0.15, -0.1) is 0 Å². The summed E-state index contributed by atoms with van der Waals surface area (Å²) >= 11 is 0. The molecule has 2 aliphatic heterocycles. The van der Waals surface area contributed by atoms with E-state index in [1.807, 2.05) is 0 Å². The Morgan fingerprint density at radius 2 is 1.92 bits per heavy atom. The molecule has 4 rings (SSSR count). The highest BCUT2D eigenvalue weighted by atomic mass is 32.2. The van der Waals surface area contributed by atoms with Crippen molar-refractivity contribution < 1.29 is 17.6 Å². The van der Waals surface area contributed by atoms with Crippen LogP contribution in [0.1, 0.15) is 25.7 Å². The minimum absolute atomic E-state index is 0.0310. The normalized spacial score (nSPS) is 31.2. The molecule has 0 radical (unpaired) electrons. The number of hydrogen-bond acceptors (Lipinski definition) is 6. The molecule has 9 heteroatoms. The molecule has 1 aromatic heterocycles. The van der Waals surface area contributed by atoms with Gasteiger partial charge < -0.3 is 10.2 Å². The second kappa shape index (κ2) is 6.19. The van der Waals surface area contributed by atoms with Gasteiger partial charge in [-0.3, -0.25) is 4.79 Å². The second-order valence-electron chi connectivity index (χ2n) is 7.21. The van der Waals surface area contributed by atoms with Crippen LogP contribution in [0.3, 0.4) is 0 Å². The molecule has 136 valence electrons. The van der Waals surface area contributed by atoms with E-state index in [0.29, 0.717) is 18.9 Å². The first-order valence-corrected chi connectivity index (χ1v) is 10.4. The minimum atomic E-state index is -3.25. The van der Waals surface area contributed by atoms with E-state index in [2.05, 4.69) is 15.3 Å². The minimum Gasteiger partial charge on any atom is -0.353 e. The fourth-order valence-corrected chi connectivity index (χ4v) is 6.14. The quantitative estimate of drug-likeness (QED) is 0.836. The first kappa shape index (κ1) is 16.7. The van der Waals surface area contributed by atoms with E-state index in [1.165, 1.54) is 0 Å². The van der Waals surface area contributed by atoms with E-state index in [4.69, 9.17) is 0 Å². The number of anilines is 1. The van der Waals surface area contributed by atoms with Gasteiger partial charge in [0.15, 0.2) is 15.7 Å². The van der Waals surface area contributed by atoms with Crippen molar-refractivity contribution in [3.8, 4) is 0 Å². The molecular formula is C16H21FN4O3S. The molecule has 7 nitrogen and oxygen atoms in total. The number of rotatable bonds is 3. The molecule has 1 saturated carbocycles. The number of carbonyl (C=O) groups is 1. The van der Waals surface area contributed by atoms with E-state index < -0.39 is 20.9 Å². The number of carbonyl (C=O) groups excluding carboxylic acids is 1. The van der Waals surface area contributed by atoms with Crippen LogP contribution in [0.15, 0.2) is 12.4 Å². The Labute approximate surface area is 145 Å². The van der Waals surface area contributed by atoms with Crippen LogP contribution in [0.25, 0.3) is 0 Å². The Morgan fingerprint density at radius 3 is 2.56 bits per heavy atom. The number of fused-ring (bicyclic) bond motifs is 1. The van der Waals surface area contributed by atoms with Crippen LogP contribution in [-0.4, -0.2) is 54.4 Å². The van der Waals surface area contributed by atoms with E-state index in [-0.39, 0.29) is 36.1 Å². The van der Waals surface area contributed by atoms with Gasteiger partial charge in [-0.05, 0) is 25.7 Å². The van der Waals surface area contributed by atoms with Gasteiger partial charge in [0.25, 0.3) is 0 Å². The number of halogens is 1. The average molecular weight is 368 g/mol. The summed E-state index contributed by atoms with van der Waals surface area (Å²) in [4.78, 5) is 22.3. The number of amides is 1. The maximum atomic E-state index is 13.0. The third kappa shape index (κ3) is 3.09. The first-order valence-electron chi connectivity index (χ1n) is 8.68. The average Bonchev–Trinajstić information content (AvgIpc) is 2.98. The number of aromatic nitrogens is 2. The maximum Gasteiger partial charge on any atom is 0.225 e. The Hall–Kier alpha value is -1.77. The summed E-state index contributed by atoms with van der Waals surface area (Å²) in [6.45, 7) is 0.657. The highest BCUT2D eigenvalue weighted by Crippen LogP contribution is 2.38. The van der Waals surface area contributed by atoms with Gasteiger partial charge in [-0.1, -0.05) is 0 Å². The topological polar surface area (TPSA) is 92.3 Å². The van der Waals surface area contributed by atoms with Crippen molar-refractivity contribution in [2.24, 2.45) is 11.8 Å². The summed E-state index contributed by atoms with van der Waals surface area (Å²) in [7, 11) is -3.25. The molecule has 3 aliphatic rings. The molecule has 1 N–H and O–H groups in total. The van der Waals surface area contributed by atoms with Gasteiger partial charge in [0.05, 0.1) is 23.4 Å². The third-order valence-electron chi connectivity index (χ3n) is 5.68. The van der Waals surface area contributed by atoms with Crippen molar-refractivity contribution in [3.63, 3.8) is 0 Å². The summed E-state index contributed by atoms with van der Waals surface area (Å²) in [5.74, 6) is -0.798. The van der Waals surface area contributed by atoms with Gasteiger partial charge >= 0.3 is 0 Å². The smallest absolute Gasteiger partial charge is 0.225 e. The number of nitrogens with zero attached hydrogens (tertiary/aromatic N) is 3. The van der Waals surface area contributed by atoms with Crippen LogP contribution in [-0.2, 0) is 14.6 Å². The van der Waals surface area contributed by atoms with E-state index in [0.717, 1.165) is 31.7 Å². The highest BCUT2D eigenvalue weighted by molar-refractivity contribution is 7.92. The molecule has 3 fully saturated rings. The third-order valence-corrected chi connectivity index (χ3v) is 7.90. The van der Waals surface area contributed by atoms with Gasteiger partial charge in [-0.25, -0.2) is 22.8 Å². The molecule has 0 unspecified atom stereocenters. The fourth-order valence-electron chi connectivity index (χ4n) is 4.04. The Morgan fingerprint density at radius 1 is 1.20 bits per heavy atom. The zero-order valence-electron chi connectivity index (χ0n) is 13.8. The number of nitrogens with one attached hydrogen (secondary N) is 1. The molecular weight excluding hydrogens is 347 g/mol. The highest BCUT2D eigenvalue weighted by Gasteiger charge is 2.51. The van der Waals surface area contributed by atoms with Crippen molar-refractivity contribution in [3.05, 3.63) is 18.2 Å². The van der Waals surface area contributed by atoms with Crippen molar-refractivity contribution in [1.29, 1.82) is 0 Å². The van der Waals surface area contributed by atoms with E-state index in [9.17, 15) is 17.6 Å². The molecule has 3 atom stereocenters. The van der Waals surface area contributed by atoms with Crippen molar-refractivity contribution in [1.82, 2.24) is 15.3 Å². The van der Waals surface area contributed by atoms with Crippen molar-refractivity contribution >= 4 is 21.7 Å². The van der Waals surface area contributed by atoms with Crippen molar-refractivity contribution in [2.75, 3.05) is 23.7 Å². The van der Waals surface area contributed by atoms with Gasteiger partial charge in [0.2, 0.25) is 11.9 Å². The summed E-state index contributed by atoms with van der Waals surface area (Å²) in [5, 5.41) is 2.46. The predicted octanol–water partition coefficient (Wildman–Crippen LogP) is 0.524. The van der Waals surface area contributed by atoms with Gasteiger partial charge in [0.1, 0.15) is 0 Å². The lowest BCUT2D eigenvalue weighted by Crippen LogP contribution is -2.50. The SMILES string of the molecule is O=C(NC1CCC1)[C@@H]1CCS(=O)(=O)[C@H]2CN(c3ncc(F)cn3)C[C@@H]12. The van der Waals surface area contributed by atoms with E-state index >= 15 is 0 Å². The van der Waals surface area contributed by atoms with Crippen molar-refractivity contribution in [2.45, 2.75) is 37.0 Å². The van der Waals surface area contributed by atoms with Crippen LogP contribution in [0.4, 0.5) is 10.3 Å². The summed E-state index contributed by atoms with van der Waals surface area (Å²) < 4.78 is 38.0. The van der Waals surface area contributed by atoms with Crippen LogP contribution in [0.2, 0.25) is 0 Å². The first-order chi connectivity index (χ1) is 11.9. The Balaban J connectivity index is 1.54. The standard InChI is InChI=1S/C16H21FN4O3S/c17-10-6-18-16(19-7-10)21-8-13-12(15(22)20-11-2-1-3-11)4-5-25(23,24)14(13)9-21/h6-7,11-14H,1-5,8-9H2,(H,20,22)/t12-,13+,14+/m1/s1. The van der Waals surface area contributed by atoms with E-state index in [1.54, 1.807) is 4.90 Å². The lowest BCUT2D eigenvalue weighted by atomic mass is 9.86. The number of hydrogen-bond donors (Lipinski definition) is 1. The van der Waals surface area contributed by atoms with Gasteiger partial charge in [0, 0.05) is 31.0 Å². The zero-order valence-corrected chi connectivity index (χ0v) is 14.6. The maximum absolute atomic E-state index is 13.0. The Kier molecular flexibility index (Phi) is 4.13. The lowest BCUT2D eigenvalue weighted by Gasteiger charge is -2.34. The van der Waals surface area contributed by atoms with Crippen LogP contribution in [0.5, 0.6) is 0 Å². The summed E-state index contributed by atoms with van der Waals surface area (Å²) in [6.07, 6.45) is 5.63. The van der Waals surface area contributed by atoms with Crippen LogP contribution in [0, 0.1) is 17.7 Å². The molecule has 1 aliphatic carbocycles. The molecule has 0 aromatic carbocycles. The largest absolute Gasteiger partial charge is 0.353 e. The summed E-state index contributed by atoms with van der Waals surface area (Å²) in [6, 6.07) is 0.238. The second-order valence-corrected chi connectivity index (χ2v) is 9.55. The molecule has 1 amide bonds. The predicted molar refractivity (Wildman–Crippen MR) is 89.2 cm³/mol. The molecule has 1 aromatic rings. The zero-order chi connectivity index (χ0) is 17.6. The lowest BCUT2D eigenvalue weighted by molar-refractivity contribution is -0.127. The fraction of sp³-hybridized carbons (Fsp3) is 0.688. The van der Waals surface area contributed by atoms with Gasteiger partial charge in [-0.2, -0.15) is 0 Å². The van der Waals surface area contributed by atoms with Crippen LogP contribution < -0.4 is 10.2 Å². The van der Waals surface area contributed by atoms with Crippen LogP contribution >= 0.6 is 0 Å². The monoisotopic (exact) mass is 368 g/mol. The Bertz CT molecular complexity index is 766.